The molecule has 1 saturated heterocycles. The minimum absolute atomic E-state index is 0.778. The molecule has 4 heteroatoms. The number of halogens is 2. The third-order valence-electron chi connectivity index (χ3n) is 0.744. The van der Waals surface area contributed by atoms with E-state index in [0.29, 0.717) is 0 Å². The fraction of sp³-hybridized carbons (Fsp3) is 1.00. The Morgan fingerprint density at radius 3 is 1.12 bits per heavy atom. The molecular formula is C4H8Br2O2. The van der Waals surface area contributed by atoms with Gasteiger partial charge in [-0.3, -0.25) is 0 Å². The smallest absolute Gasteiger partial charge is 0.0701 e. The van der Waals surface area contributed by atoms with Crippen LogP contribution in [0.1, 0.15) is 0 Å². The summed E-state index contributed by atoms with van der Waals surface area (Å²) in [6, 6.07) is 0. The van der Waals surface area contributed by atoms with Crippen LogP contribution in [-0.4, -0.2) is 26.4 Å². The van der Waals surface area contributed by atoms with Crippen molar-refractivity contribution in [2.45, 2.75) is 0 Å². The van der Waals surface area contributed by atoms with Crippen LogP contribution in [0.2, 0.25) is 0 Å². The predicted octanol–water partition coefficient (Wildman–Crippen LogP) is 1.72. The van der Waals surface area contributed by atoms with E-state index < -0.39 is 0 Å². The molecule has 8 heavy (non-hydrogen) atoms. The summed E-state index contributed by atoms with van der Waals surface area (Å²) in [5.41, 5.74) is 0. The van der Waals surface area contributed by atoms with Gasteiger partial charge in [0.25, 0.3) is 0 Å². The molecule has 0 spiro atoms. The highest BCUT2D eigenvalue weighted by Crippen LogP contribution is 1.85. The van der Waals surface area contributed by atoms with Gasteiger partial charge in [0, 0.05) is 28.3 Å². The summed E-state index contributed by atoms with van der Waals surface area (Å²) in [6.45, 7) is 3.11. The highest BCUT2D eigenvalue weighted by Gasteiger charge is 1.94. The van der Waals surface area contributed by atoms with Crippen molar-refractivity contribution in [3.8, 4) is 0 Å². The second-order valence-corrected chi connectivity index (χ2v) is 1.22. The maximum absolute atomic E-state index is 4.94. The Kier molecular flexibility index (Phi) is 8.75. The first kappa shape index (κ1) is 8.88. The average molecular weight is 248 g/mol. The number of hydrogen-bond acceptors (Lipinski definition) is 2. The molecule has 0 unspecified atom stereocenters. The SMILES string of the molecule is BrBr.C1COCCO1. The molecule has 1 fully saturated rings. The van der Waals surface area contributed by atoms with E-state index in [0.717, 1.165) is 26.4 Å². The molecule has 0 saturated carbocycles. The molecule has 0 radical (unpaired) electrons. The maximum Gasteiger partial charge on any atom is 0.0701 e. The van der Waals surface area contributed by atoms with Gasteiger partial charge in [-0.25, -0.2) is 0 Å². The van der Waals surface area contributed by atoms with Crippen molar-refractivity contribution in [1.82, 2.24) is 0 Å². The first-order valence-electron chi connectivity index (χ1n) is 2.30. The van der Waals surface area contributed by atoms with Crippen LogP contribution in [0.5, 0.6) is 0 Å². The van der Waals surface area contributed by atoms with Gasteiger partial charge in [-0.2, -0.15) is 0 Å². The molecule has 0 atom stereocenters. The lowest BCUT2D eigenvalue weighted by Gasteiger charge is -2.09. The zero-order valence-corrected chi connectivity index (χ0v) is 7.57. The summed E-state index contributed by atoms with van der Waals surface area (Å²) in [5, 5.41) is 0. The molecule has 1 rings (SSSR count). The summed E-state index contributed by atoms with van der Waals surface area (Å²) in [7, 11) is 0. The van der Waals surface area contributed by atoms with Crippen LogP contribution in [0.25, 0.3) is 0 Å². The molecule has 2 nitrogen and oxygen atoms in total. The second kappa shape index (κ2) is 7.88. The zero-order chi connectivity index (χ0) is 6.24. The summed E-state index contributed by atoms with van der Waals surface area (Å²) < 4.78 is 9.89. The monoisotopic (exact) mass is 246 g/mol. The molecular weight excluding hydrogens is 240 g/mol. The Morgan fingerprint density at radius 1 is 0.750 bits per heavy atom. The van der Waals surface area contributed by atoms with E-state index >= 15 is 0 Å². The summed E-state index contributed by atoms with van der Waals surface area (Å²) in [5.74, 6) is 0. The van der Waals surface area contributed by atoms with Gasteiger partial charge in [0.05, 0.1) is 26.4 Å². The minimum atomic E-state index is 0.778. The van der Waals surface area contributed by atoms with Gasteiger partial charge in [-0.1, -0.05) is 0 Å². The van der Waals surface area contributed by atoms with E-state index in [9.17, 15) is 0 Å². The summed E-state index contributed by atoms with van der Waals surface area (Å²) in [4.78, 5) is 0. The Bertz CT molecular complexity index is 27.5. The van der Waals surface area contributed by atoms with Crippen molar-refractivity contribution in [2.24, 2.45) is 0 Å². The van der Waals surface area contributed by atoms with Gasteiger partial charge in [-0.15, -0.1) is 0 Å². The van der Waals surface area contributed by atoms with Crippen LogP contribution in [0.3, 0.4) is 0 Å². The first-order valence-corrected chi connectivity index (χ1v) is 6.01. The van der Waals surface area contributed by atoms with E-state index in [-0.39, 0.29) is 0 Å². The third-order valence-corrected chi connectivity index (χ3v) is 0.744. The van der Waals surface area contributed by atoms with Gasteiger partial charge in [-0.05, 0) is 0 Å². The zero-order valence-electron chi connectivity index (χ0n) is 4.40. The van der Waals surface area contributed by atoms with Crippen LogP contribution in [-0.2, 0) is 9.47 Å². The lowest BCUT2D eigenvalue weighted by Crippen LogP contribution is -2.16. The average Bonchev–Trinajstić information content (AvgIpc) is 1.96. The van der Waals surface area contributed by atoms with Gasteiger partial charge < -0.3 is 9.47 Å². The Morgan fingerprint density at radius 2 is 1.00 bits per heavy atom. The fourth-order valence-electron chi connectivity index (χ4n) is 0.440. The lowest BCUT2D eigenvalue weighted by molar-refractivity contribution is -0.0334. The standard InChI is InChI=1S/C4H8O2.Br2/c1-2-6-4-3-5-1;1-2/h1-4H2;. The Hall–Kier alpha value is 0.880. The van der Waals surface area contributed by atoms with Gasteiger partial charge >= 0.3 is 0 Å². The fourth-order valence-corrected chi connectivity index (χ4v) is 0.440. The highest BCUT2D eigenvalue weighted by atomic mass is 80.9. The number of ether oxygens (including phenoxy) is 2. The summed E-state index contributed by atoms with van der Waals surface area (Å²) in [6.07, 6.45) is 0. The van der Waals surface area contributed by atoms with Crippen molar-refractivity contribution in [2.75, 3.05) is 26.4 Å². The third kappa shape index (κ3) is 5.03. The molecule has 1 aliphatic heterocycles. The van der Waals surface area contributed by atoms with Crippen molar-refractivity contribution in [3.05, 3.63) is 0 Å². The number of rotatable bonds is 0. The maximum atomic E-state index is 4.94. The predicted molar refractivity (Wildman–Crippen MR) is 39.5 cm³/mol. The molecule has 1 aliphatic rings. The number of hydrogen-bond donors (Lipinski definition) is 0. The Balaban J connectivity index is 0.000000222. The van der Waals surface area contributed by atoms with Gasteiger partial charge in [0.15, 0.2) is 0 Å². The van der Waals surface area contributed by atoms with E-state index in [4.69, 9.17) is 9.47 Å². The van der Waals surface area contributed by atoms with Crippen LogP contribution in [0.15, 0.2) is 0 Å². The molecule has 1 heterocycles. The van der Waals surface area contributed by atoms with E-state index in [1.165, 1.54) is 0 Å². The Labute approximate surface area is 64.4 Å². The molecule has 0 bridgehead atoms. The quantitative estimate of drug-likeness (QED) is 0.649. The molecule has 0 N–H and O–H groups in total. The van der Waals surface area contributed by atoms with Gasteiger partial charge in [0.2, 0.25) is 0 Å². The first-order chi connectivity index (χ1) is 4.00. The van der Waals surface area contributed by atoms with E-state index in [1.54, 1.807) is 0 Å². The molecule has 50 valence electrons. The van der Waals surface area contributed by atoms with Crippen LogP contribution < -0.4 is 0 Å². The van der Waals surface area contributed by atoms with Crippen molar-refractivity contribution in [1.29, 1.82) is 0 Å². The van der Waals surface area contributed by atoms with E-state index in [2.05, 4.69) is 28.3 Å². The molecule has 0 aliphatic carbocycles. The lowest BCUT2D eigenvalue weighted by atomic mass is 10.6. The van der Waals surface area contributed by atoms with E-state index in [1.807, 2.05) is 0 Å². The molecule has 0 aromatic heterocycles. The van der Waals surface area contributed by atoms with Crippen molar-refractivity contribution >= 4 is 28.3 Å². The molecule has 0 aromatic rings. The van der Waals surface area contributed by atoms with Crippen LogP contribution in [0, 0.1) is 0 Å². The van der Waals surface area contributed by atoms with Gasteiger partial charge in [0.1, 0.15) is 0 Å². The normalized spacial score (nSPS) is 18.8. The topological polar surface area (TPSA) is 18.5 Å². The molecule has 0 amide bonds. The van der Waals surface area contributed by atoms with Crippen molar-refractivity contribution in [3.63, 3.8) is 0 Å². The second-order valence-electron chi connectivity index (χ2n) is 1.22. The minimum Gasteiger partial charge on any atom is -0.377 e. The van der Waals surface area contributed by atoms with Crippen molar-refractivity contribution < 1.29 is 9.47 Å². The van der Waals surface area contributed by atoms with Crippen LogP contribution >= 0.6 is 28.3 Å². The molecule has 0 aromatic carbocycles. The largest absolute Gasteiger partial charge is 0.377 e. The highest BCUT2D eigenvalue weighted by molar-refractivity contribution is 9.93. The summed E-state index contributed by atoms with van der Waals surface area (Å²) >= 11 is 5.50. The van der Waals surface area contributed by atoms with Crippen LogP contribution in [0.4, 0.5) is 0 Å².